The monoisotopic (exact) mass is 376 g/mol. The predicted octanol–water partition coefficient (Wildman–Crippen LogP) is 3.86. The van der Waals surface area contributed by atoms with Crippen LogP contribution in [0.1, 0.15) is 15.9 Å². The van der Waals surface area contributed by atoms with Crippen LogP contribution in [0.3, 0.4) is 0 Å². The first kappa shape index (κ1) is 16.0. The van der Waals surface area contributed by atoms with E-state index >= 15 is 0 Å². The minimum absolute atomic E-state index is 0.0346. The van der Waals surface area contributed by atoms with E-state index in [1.54, 1.807) is 12.1 Å². The van der Waals surface area contributed by atoms with Gasteiger partial charge in [0.2, 0.25) is 0 Å². The number of aryl methyl sites for hydroxylation is 1. The summed E-state index contributed by atoms with van der Waals surface area (Å²) in [5, 5.41) is 0. The van der Waals surface area contributed by atoms with Gasteiger partial charge in [-0.2, -0.15) is 0 Å². The van der Waals surface area contributed by atoms with Crippen LogP contribution < -0.4 is 4.90 Å². The number of hydrogen-bond acceptors (Lipinski definition) is 2. The van der Waals surface area contributed by atoms with Crippen molar-refractivity contribution in [1.82, 2.24) is 4.90 Å². The summed E-state index contributed by atoms with van der Waals surface area (Å²) in [4.78, 5) is 16.5. The Kier molecular flexibility index (Phi) is 4.66. The molecule has 0 spiro atoms. The summed E-state index contributed by atoms with van der Waals surface area (Å²) >= 11 is 3.61. The van der Waals surface area contributed by atoms with Crippen molar-refractivity contribution in [2.75, 3.05) is 31.1 Å². The molecule has 0 aromatic heterocycles. The van der Waals surface area contributed by atoms with Gasteiger partial charge in [0.15, 0.2) is 0 Å². The Bertz CT molecular complexity index is 709. The van der Waals surface area contributed by atoms with Gasteiger partial charge in [-0.15, -0.1) is 0 Å². The first-order valence-electron chi connectivity index (χ1n) is 7.60. The van der Waals surface area contributed by atoms with E-state index in [9.17, 15) is 9.18 Å². The average Bonchev–Trinajstić information content (AvgIpc) is 2.55. The molecule has 2 aromatic rings. The van der Waals surface area contributed by atoms with E-state index in [-0.39, 0.29) is 11.7 Å². The number of carbonyl (C=O) groups is 1. The van der Waals surface area contributed by atoms with Crippen LogP contribution in [-0.4, -0.2) is 37.0 Å². The average molecular weight is 377 g/mol. The van der Waals surface area contributed by atoms with Crippen molar-refractivity contribution >= 4 is 27.5 Å². The zero-order chi connectivity index (χ0) is 16.4. The zero-order valence-corrected chi connectivity index (χ0v) is 14.5. The van der Waals surface area contributed by atoms with Crippen LogP contribution in [0.15, 0.2) is 46.9 Å². The molecule has 0 N–H and O–H groups in total. The maximum Gasteiger partial charge on any atom is 0.253 e. The van der Waals surface area contributed by atoms with Crippen molar-refractivity contribution in [1.29, 1.82) is 0 Å². The highest BCUT2D eigenvalue weighted by atomic mass is 79.9. The number of nitrogens with zero attached hydrogens (tertiary/aromatic N) is 2. The van der Waals surface area contributed by atoms with Crippen LogP contribution in [0.4, 0.5) is 10.1 Å². The van der Waals surface area contributed by atoms with Gasteiger partial charge in [-0.25, -0.2) is 4.39 Å². The molecule has 0 bridgehead atoms. The third-order valence-corrected chi connectivity index (χ3v) is 4.74. The molecule has 23 heavy (non-hydrogen) atoms. The van der Waals surface area contributed by atoms with Crippen molar-refractivity contribution in [3.8, 4) is 0 Å². The van der Waals surface area contributed by atoms with Gasteiger partial charge >= 0.3 is 0 Å². The lowest BCUT2D eigenvalue weighted by Gasteiger charge is -2.36. The van der Waals surface area contributed by atoms with Gasteiger partial charge < -0.3 is 9.80 Å². The second-order valence-corrected chi connectivity index (χ2v) is 6.60. The third kappa shape index (κ3) is 3.55. The van der Waals surface area contributed by atoms with E-state index in [2.05, 4.69) is 46.0 Å². The smallest absolute Gasteiger partial charge is 0.253 e. The van der Waals surface area contributed by atoms with Crippen LogP contribution in [-0.2, 0) is 0 Å². The lowest BCUT2D eigenvalue weighted by molar-refractivity contribution is 0.0746. The molecule has 2 aromatic carbocycles. The van der Waals surface area contributed by atoms with Crippen LogP contribution in [0, 0.1) is 12.7 Å². The molecule has 0 saturated carbocycles. The zero-order valence-electron chi connectivity index (χ0n) is 12.9. The van der Waals surface area contributed by atoms with Crippen molar-refractivity contribution in [2.45, 2.75) is 6.92 Å². The summed E-state index contributed by atoms with van der Waals surface area (Å²) in [6.07, 6.45) is 0. The summed E-state index contributed by atoms with van der Waals surface area (Å²) < 4.78 is 14.0. The largest absolute Gasteiger partial charge is 0.367 e. The molecule has 1 aliphatic heterocycles. The van der Waals surface area contributed by atoms with Gasteiger partial charge in [0.05, 0.1) is 5.69 Å². The normalized spacial score (nSPS) is 14.9. The Balaban J connectivity index is 1.66. The molecule has 1 aliphatic rings. The topological polar surface area (TPSA) is 23.6 Å². The summed E-state index contributed by atoms with van der Waals surface area (Å²) in [6, 6.07) is 12.0. The first-order chi connectivity index (χ1) is 11.0. The SMILES string of the molecule is Cc1ccc(N2CCN(C(=O)c3ccc(F)cc3)CC2)c(Br)c1. The van der Waals surface area contributed by atoms with E-state index in [4.69, 9.17) is 0 Å². The predicted molar refractivity (Wildman–Crippen MR) is 93.4 cm³/mol. The molecule has 1 heterocycles. The molecule has 120 valence electrons. The summed E-state index contributed by atoms with van der Waals surface area (Å²) in [7, 11) is 0. The number of rotatable bonds is 2. The summed E-state index contributed by atoms with van der Waals surface area (Å²) in [6.45, 7) is 4.96. The Hall–Kier alpha value is -1.88. The van der Waals surface area contributed by atoms with Gasteiger partial charge in [0.1, 0.15) is 5.82 Å². The number of carbonyl (C=O) groups excluding carboxylic acids is 1. The molecular formula is C18H18BrFN2O. The minimum Gasteiger partial charge on any atom is -0.367 e. The van der Waals surface area contributed by atoms with Crippen molar-refractivity contribution in [2.24, 2.45) is 0 Å². The second kappa shape index (κ2) is 6.71. The van der Waals surface area contributed by atoms with Crippen LogP contribution in [0.25, 0.3) is 0 Å². The quantitative estimate of drug-likeness (QED) is 0.794. The lowest BCUT2D eigenvalue weighted by atomic mass is 10.1. The van der Waals surface area contributed by atoms with Crippen molar-refractivity contribution < 1.29 is 9.18 Å². The van der Waals surface area contributed by atoms with Gasteiger partial charge in [0, 0.05) is 36.2 Å². The van der Waals surface area contributed by atoms with Crippen LogP contribution in [0.2, 0.25) is 0 Å². The number of anilines is 1. The minimum atomic E-state index is -0.324. The molecule has 0 unspecified atom stereocenters. The van der Waals surface area contributed by atoms with E-state index in [1.807, 2.05) is 4.90 Å². The number of amides is 1. The number of halogens is 2. The summed E-state index contributed by atoms with van der Waals surface area (Å²) in [5.74, 6) is -0.358. The second-order valence-electron chi connectivity index (χ2n) is 5.74. The van der Waals surface area contributed by atoms with E-state index in [0.29, 0.717) is 18.7 Å². The highest BCUT2D eigenvalue weighted by molar-refractivity contribution is 9.10. The van der Waals surface area contributed by atoms with Gasteiger partial charge in [-0.3, -0.25) is 4.79 Å². The Morgan fingerprint density at radius 3 is 2.30 bits per heavy atom. The molecule has 1 fully saturated rings. The van der Waals surface area contributed by atoms with Crippen LogP contribution in [0.5, 0.6) is 0 Å². The van der Waals surface area contributed by atoms with Gasteiger partial charge in [-0.1, -0.05) is 6.07 Å². The Morgan fingerprint density at radius 1 is 1.04 bits per heavy atom. The molecule has 0 atom stereocenters. The highest BCUT2D eigenvalue weighted by Gasteiger charge is 2.23. The molecular weight excluding hydrogens is 359 g/mol. The first-order valence-corrected chi connectivity index (χ1v) is 8.40. The Labute approximate surface area is 143 Å². The number of hydrogen-bond donors (Lipinski definition) is 0. The fourth-order valence-electron chi connectivity index (χ4n) is 2.79. The fourth-order valence-corrected chi connectivity index (χ4v) is 3.54. The molecule has 3 rings (SSSR count). The fraction of sp³-hybridized carbons (Fsp3) is 0.278. The molecule has 1 saturated heterocycles. The summed E-state index contributed by atoms with van der Waals surface area (Å²) in [5.41, 5.74) is 2.91. The Morgan fingerprint density at radius 2 is 1.70 bits per heavy atom. The molecule has 5 heteroatoms. The lowest BCUT2D eigenvalue weighted by Crippen LogP contribution is -2.48. The van der Waals surface area contributed by atoms with Gasteiger partial charge in [-0.05, 0) is 64.8 Å². The standard InChI is InChI=1S/C18H18BrFN2O/c1-13-2-7-17(16(19)12-13)21-8-10-22(11-9-21)18(23)14-3-5-15(20)6-4-14/h2-7,12H,8-11H2,1H3. The van der Waals surface area contributed by atoms with Crippen molar-refractivity contribution in [3.05, 3.63) is 63.9 Å². The molecule has 0 radical (unpaired) electrons. The highest BCUT2D eigenvalue weighted by Crippen LogP contribution is 2.28. The third-order valence-electron chi connectivity index (χ3n) is 4.10. The molecule has 1 amide bonds. The van der Waals surface area contributed by atoms with E-state index < -0.39 is 0 Å². The van der Waals surface area contributed by atoms with E-state index in [1.165, 1.54) is 17.7 Å². The molecule has 0 aliphatic carbocycles. The maximum atomic E-state index is 13.0. The van der Waals surface area contributed by atoms with Gasteiger partial charge in [0.25, 0.3) is 5.91 Å². The number of benzene rings is 2. The van der Waals surface area contributed by atoms with Crippen molar-refractivity contribution in [3.63, 3.8) is 0 Å². The van der Waals surface area contributed by atoms with E-state index in [0.717, 1.165) is 23.2 Å². The number of piperazine rings is 1. The maximum absolute atomic E-state index is 13.0. The molecule has 3 nitrogen and oxygen atoms in total. The van der Waals surface area contributed by atoms with Crippen LogP contribution >= 0.6 is 15.9 Å².